The Morgan fingerprint density at radius 1 is 1.00 bits per heavy atom. The van der Waals surface area contributed by atoms with Gasteiger partial charge in [-0.25, -0.2) is 0 Å². The first-order chi connectivity index (χ1) is 13.7. The average molecular weight is 470 g/mol. The van der Waals surface area contributed by atoms with Crippen LogP contribution in [0.1, 0.15) is 15.9 Å². The molecule has 0 atom stereocenters. The molecule has 0 unspecified atom stereocenters. The number of rotatable bonds is 4. The molecule has 0 aromatic heterocycles. The van der Waals surface area contributed by atoms with Crippen LogP contribution in [-0.2, 0) is 11.0 Å². The number of piperazine rings is 1. The van der Waals surface area contributed by atoms with Gasteiger partial charge in [-0.05, 0) is 42.5 Å². The van der Waals surface area contributed by atoms with Gasteiger partial charge in [0.15, 0.2) is 0 Å². The maximum Gasteiger partial charge on any atom is 0.416 e. The minimum absolute atomic E-state index is 0.127. The first-order valence-corrected chi connectivity index (χ1v) is 9.77. The van der Waals surface area contributed by atoms with Crippen molar-refractivity contribution >= 4 is 33.4 Å². The van der Waals surface area contributed by atoms with E-state index in [2.05, 4.69) is 21.2 Å². The molecule has 29 heavy (non-hydrogen) atoms. The number of nitrogens with zero attached hydrogens (tertiary/aromatic N) is 2. The van der Waals surface area contributed by atoms with Gasteiger partial charge < -0.3 is 15.1 Å². The number of carbonyl (C=O) groups excluding carboxylic acids is 2. The van der Waals surface area contributed by atoms with E-state index in [4.69, 9.17) is 0 Å². The first kappa shape index (κ1) is 21.2. The molecule has 0 spiro atoms. The van der Waals surface area contributed by atoms with Gasteiger partial charge in [0, 0.05) is 41.9 Å². The second-order valence-electron chi connectivity index (χ2n) is 6.61. The summed E-state index contributed by atoms with van der Waals surface area (Å²) in [5, 5.41) is 2.60. The molecule has 154 valence electrons. The summed E-state index contributed by atoms with van der Waals surface area (Å²) in [5.74, 6) is -0.562. The Kier molecular flexibility index (Phi) is 6.46. The molecule has 2 aromatic carbocycles. The molecule has 1 saturated heterocycles. The van der Waals surface area contributed by atoms with Crippen LogP contribution in [0.3, 0.4) is 0 Å². The summed E-state index contributed by atoms with van der Waals surface area (Å²) < 4.78 is 39.5. The predicted molar refractivity (Wildman–Crippen MR) is 107 cm³/mol. The molecule has 5 nitrogen and oxygen atoms in total. The molecule has 9 heteroatoms. The summed E-state index contributed by atoms with van der Waals surface area (Å²) in [5.41, 5.74) is 0.245. The van der Waals surface area contributed by atoms with Crippen molar-refractivity contribution < 1.29 is 22.8 Å². The van der Waals surface area contributed by atoms with Crippen LogP contribution in [0.4, 0.5) is 18.9 Å². The highest BCUT2D eigenvalue weighted by Gasteiger charge is 2.31. The average Bonchev–Trinajstić information content (AvgIpc) is 2.72. The molecular weight excluding hydrogens is 451 g/mol. The number of nitrogens with one attached hydrogen (secondary N) is 1. The number of amides is 2. The zero-order chi connectivity index (χ0) is 21.0. The molecular formula is C20H19BrF3N3O2. The highest BCUT2D eigenvalue weighted by molar-refractivity contribution is 9.10. The van der Waals surface area contributed by atoms with E-state index in [1.807, 2.05) is 4.90 Å². The molecule has 2 aromatic rings. The molecule has 1 N–H and O–H groups in total. The fourth-order valence-corrected chi connectivity index (χ4v) is 3.33. The van der Waals surface area contributed by atoms with Gasteiger partial charge in [0.25, 0.3) is 5.91 Å². The van der Waals surface area contributed by atoms with Crippen molar-refractivity contribution in [3.8, 4) is 0 Å². The van der Waals surface area contributed by atoms with E-state index in [1.165, 1.54) is 6.07 Å². The molecule has 2 amide bonds. The third-order valence-electron chi connectivity index (χ3n) is 4.68. The molecule has 1 aliphatic rings. The van der Waals surface area contributed by atoms with Crippen LogP contribution in [0.5, 0.6) is 0 Å². The van der Waals surface area contributed by atoms with E-state index >= 15 is 0 Å². The Balaban J connectivity index is 1.51. The minimum atomic E-state index is -4.39. The van der Waals surface area contributed by atoms with E-state index in [-0.39, 0.29) is 18.4 Å². The quantitative estimate of drug-likeness (QED) is 0.744. The third kappa shape index (κ3) is 5.50. The van der Waals surface area contributed by atoms with Crippen LogP contribution in [0, 0.1) is 0 Å². The van der Waals surface area contributed by atoms with Crippen molar-refractivity contribution in [1.82, 2.24) is 10.2 Å². The van der Waals surface area contributed by atoms with Crippen LogP contribution >= 0.6 is 15.9 Å². The number of anilines is 1. The van der Waals surface area contributed by atoms with Crippen LogP contribution in [0.2, 0.25) is 0 Å². The minimum Gasteiger partial charge on any atom is -0.368 e. The molecule has 3 rings (SSSR count). The number of alkyl halides is 3. The Hall–Kier alpha value is -2.55. The molecule has 0 aliphatic carbocycles. The molecule has 1 heterocycles. The summed E-state index contributed by atoms with van der Waals surface area (Å²) in [6.45, 7) is 1.48. The van der Waals surface area contributed by atoms with E-state index in [9.17, 15) is 22.8 Å². The lowest BCUT2D eigenvalue weighted by Crippen LogP contribution is -2.51. The fraction of sp³-hybridized carbons (Fsp3) is 0.300. The monoisotopic (exact) mass is 469 g/mol. The second kappa shape index (κ2) is 8.86. The van der Waals surface area contributed by atoms with Gasteiger partial charge in [-0.2, -0.15) is 13.2 Å². The smallest absolute Gasteiger partial charge is 0.368 e. The van der Waals surface area contributed by atoms with E-state index in [1.54, 1.807) is 35.2 Å². The van der Waals surface area contributed by atoms with E-state index < -0.39 is 11.7 Å². The molecule has 0 saturated carbocycles. The molecule has 1 fully saturated rings. The number of hydrogen-bond donors (Lipinski definition) is 1. The summed E-state index contributed by atoms with van der Waals surface area (Å²) in [4.78, 5) is 27.9. The maximum absolute atomic E-state index is 12.9. The standard InChI is InChI=1S/C20H19BrF3N3O2/c21-16-6-4-14(5-7-16)19(29)25-13-18(28)27-10-8-26(9-11-27)17-3-1-2-15(12-17)20(22,23)24/h1-7,12H,8-11,13H2,(H,25,29). The number of hydrogen-bond acceptors (Lipinski definition) is 3. The van der Waals surface area contributed by atoms with Gasteiger partial charge in [0.1, 0.15) is 0 Å². The third-order valence-corrected chi connectivity index (χ3v) is 5.21. The van der Waals surface area contributed by atoms with Gasteiger partial charge >= 0.3 is 6.18 Å². The van der Waals surface area contributed by atoms with Gasteiger partial charge in [-0.15, -0.1) is 0 Å². The zero-order valence-corrected chi connectivity index (χ0v) is 17.0. The first-order valence-electron chi connectivity index (χ1n) is 8.98. The topological polar surface area (TPSA) is 52.7 Å². The Labute approximate surface area is 174 Å². The zero-order valence-electron chi connectivity index (χ0n) is 15.4. The van der Waals surface area contributed by atoms with E-state index in [0.29, 0.717) is 37.4 Å². The van der Waals surface area contributed by atoms with Crippen molar-refractivity contribution in [2.75, 3.05) is 37.6 Å². The van der Waals surface area contributed by atoms with Gasteiger partial charge in [-0.3, -0.25) is 9.59 Å². The summed E-state index contributed by atoms with van der Waals surface area (Å²) in [7, 11) is 0. The molecule has 0 bridgehead atoms. The predicted octanol–water partition coefficient (Wildman–Crippen LogP) is 3.55. The lowest BCUT2D eigenvalue weighted by Gasteiger charge is -2.36. The Morgan fingerprint density at radius 2 is 1.66 bits per heavy atom. The Bertz CT molecular complexity index is 879. The van der Waals surface area contributed by atoms with Crippen molar-refractivity contribution in [3.05, 3.63) is 64.1 Å². The lowest BCUT2D eigenvalue weighted by molar-refractivity contribution is -0.137. The number of carbonyl (C=O) groups is 2. The van der Waals surface area contributed by atoms with Crippen molar-refractivity contribution in [3.63, 3.8) is 0 Å². The highest BCUT2D eigenvalue weighted by Crippen LogP contribution is 2.31. The van der Waals surface area contributed by atoms with Crippen molar-refractivity contribution in [2.45, 2.75) is 6.18 Å². The summed E-state index contributed by atoms with van der Waals surface area (Å²) in [6.07, 6.45) is -4.39. The molecule has 1 aliphatic heterocycles. The maximum atomic E-state index is 12.9. The normalized spacial score (nSPS) is 14.6. The SMILES string of the molecule is O=C(NCC(=O)N1CCN(c2cccc(C(F)(F)F)c2)CC1)c1ccc(Br)cc1. The second-order valence-corrected chi connectivity index (χ2v) is 7.52. The highest BCUT2D eigenvalue weighted by atomic mass is 79.9. The van der Waals surface area contributed by atoms with Crippen LogP contribution < -0.4 is 10.2 Å². The van der Waals surface area contributed by atoms with Crippen molar-refractivity contribution in [2.24, 2.45) is 0 Å². The van der Waals surface area contributed by atoms with Crippen LogP contribution in [-0.4, -0.2) is 49.4 Å². The van der Waals surface area contributed by atoms with Gasteiger partial charge in [0.05, 0.1) is 12.1 Å². The fourth-order valence-electron chi connectivity index (χ4n) is 3.06. The van der Waals surface area contributed by atoms with Gasteiger partial charge in [0.2, 0.25) is 5.91 Å². The number of halogens is 4. The molecule has 0 radical (unpaired) electrons. The summed E-state index contributed by atoms with van der Waals surface area (Å²) >= 11 is 3.29. The van der Waals surface area contributed by atoms with Gasteiger partial charge in [-0.1, -0.05) is 22.0 Å². The van der Waals surface area contributed by atoms with Crippen LogP contribution in [0.15, 0.2) is 53.0 Å². The van der Waals surface area contributed by atoms with Crippen LogP contribution in [0.25, 0.3) is 0 Å². The van der Waals surface area contributed by atoms with E-state index in [0.717, 1.165) is 16.6 Å². The largest absolute Gasteiger partial charge is 0.416 e. The summed E-state index contributed by atoms with van der Waals surface area (Å²) in [6, 6.07) is 12.0. The van der Waals surface area contributed by atoms with Crippen molar-refractivity contribution in [1.29, 1.82) is 0 Å². The lowest BCUT2D eigenvalue weighted by atomic mass is 10.1. The number of benzene rings is 2. The Morgan fingerprint density at radius 3 is 2.28 bits per heavy atom.